The van der Waals surface area contributed by atoms with E-state index in [-0.39, 0.29) is 5.84 Å². The largest absolute Gasteiger partial charge is 0.409 e. The molecule has 0 radical (unpaired) electrons. The predicted molar refractivity (Wildman–Crippen MR) is 69.2 cm³/mol. The summed E-state index contributed by atoms with van der Waals surface area (Å²) in [6.45, 7) is 2.71. The number of nitrogens with two attached hydrogens (primary N) is 1. The Morgan fingerprint density at radius 3 is 2.88 bits per heavy atom. The molecule has 0 unspecified atom stereocenters. The highest BCUT2D eigenvalue weighted by Crippen LogP contribution is 2.04. The Kier molecular flexibility index (Phi) is 5.45. The highest BCUT2D eigenvalue weighted by molar-refractivity contribution is 5.97. The van der Waals surface area contributed by atoms with Gasteiger partial charge in [0.25, 0.3) is 0 Å². The Morgan fingerprint density at radius 2 is 2.24 bits per heavy atom. The van der Waals surface area contributed by atoms with Crippen molar-refractivity contribution >= 4 is 5.84 Å². The number of oxime groups is 1. The third kappa shape index (κ3) is 4.84. The van der Waals surface area contributed by atoms with Gasteiger partial charge < -0.3 is 21.2 Å². The summed E-state index contributed by atoms with van der Waals surface area (Å²) in [5.74, 6) is 0.139. The van der Waals surface area contributed by atoms with Crippen molar-refractivity contribution in [3.8, 4) is 0 Å². The van der Waals surface area contributed by atoms with Crippen LogP contribution in [0.2, 0.25) is 0 Å². The smallest absolute Gasteiger partial charge is 0.170 e. The van der Waals surface area contributed by atoms with Gasteiger partial charge in [0, 0.05) is 25.2 Å². The molecule has 1 rings (SSSR count). The molecule has 0 aliphatic rings. The molecule has 5 heteroatoms. The second kappa shape index (κ2) is 6.88. The summed E-state index contributed by atoms with van der Waals surface area (Å²) in [7, 11) is 4.08. The quantitative estimate of drug-likeness (QED) is 0.220. The van der Waals surface area contributed by atoms with Crippen LogP contribution in [-0.2, 0) is 6.54 Å². The minimum atomic E-state index is 0.139. The monoisotopic (exact) mass is 236 g/mol. The first-order valence-electron chi connectivity index (χ1n) is 5.55. The van der Waals surface area contributed by atoms with E-state index in [4.69, 9.17) is 10.9 Å². The van der Waals surface area contributed by atoms with E-state index in [9.17, 15) is 0 Å². The summed E-state index contributed by atoms with van der Waals surface area (Å²) in [6, 6.07) is 7.64. The van der Waals surface area contributed by atoms with Gasteiger partial charge in [-0.3, -0.25) is 0 Å². The summed E-state index contributed by atoms with van der Waals surface area (Å²) in [5.41, 5.74) is 7.38. The number of nitrogens with zero attached hydrogens (tertiary/aromatic N) is 2. The maximum Gasteiger partial charge on any atom is 0.170 e. The van der Waals surface area contributed by atoms with E-state index in [0.29, 0.717) is 0 Å². The third-order valence-electron chi connectivity index (χ3n) is 2.40. The van der Waals surface area contributed by atoms with E-state index in [1.807, 2.05) is 38.4 Å². The zero-order chi connectivity index (χ0) is 12.7. The summed E-state index contributed by atoms with van der Waals surface area (Å²) in [5, 5.41) is 14.9. The van der Waals surface area contributed by atoms with Crippen molar-refractivity contribution in [2.45, 2.75) is 6.54 Å². The van der Waals surface area contributed by atoms with Crippen molar-refractivity contribution in [2.24, 2.45) is 10.9 Å². The first-order valence-corrected chi connectivity index (χ1v) is 5.55. The lowest BCUT2D eigenvalue weighted by Gasteiger charge is -2.10. The van der Waals surface area contributed by atoms with E-state index >= 15 is 0 Å². The van der Waals surface area contributed by atoms with Crippen molar-refractivity contribution in [1.29, 1.82) is 0 Å². The number of likely N-dealkylation sites (N-methyl/N-ethyl adjacent to an activating group) is 1. The molecule has 0 aromatic heterocycles. The molecule has 94 valence electrons. The van der Waals surface area contributed by atoms with Crippen LogP contribution in [0.5, 0.6) is 0 Å². The van der Waals surface area contributed by atoms with Gasteiger partial charge in [-0.25, -0.2) is 0 Å². The third-order valence-corrected chi connectivity index (χ3v) is 2.40. The minimum absolute atomic E-state index is 0.139. The second-order valence-electron chi connectivity index (χ2n) is 4.17. The first kappa shape index (κ1) is 13.5. The molecule has 5 nitrogen and oxygen atoms in total. The van der Waals surface area contributed by atoms with Gasteiger partial charge in [0.15, 0.2) is 5.84 Å². The van der Waals surface area contributed by atoms with Crippen molar-refractivity contribution in [3.05, 3.63) is 35.4 Å². The van der Waals surface area contributed by atoms with Crippen molar-refractivity contribution in [1.82, 2.24) is 10.2 Å². The Hall–Kier alpha value is -1.59. The van der Waals surface area contributed by atoms with E-state index in [1.165, 1.54) is 0 Å². The number of hydrogen-bond acceptors (Lipinski definition) is 4. The lowest BCUT2D eigenvalue weighted by atomic mass is 10.1. The molecule has 1 aromatic carbocycles. The van der Waals surface area contributed by atoms with Crippen molar-refractivity contribution in [2.75, 3.05) is 27.2 Å². The molecule has 0 fully saturated rings. The molecule has 4 N–H and O–H groups in total. The van der Waals surface area contributed by atoms with Gasteiger partial charge in [0.2, 0.25) is 0 Å². The Balaban J connectivity index is 2.49. The summed E-state index contributed by atoms with van der Waals surface area (Å²) < 4.78 is 0. The topological polar surface area (TPSA) is 73.9 Å². The maximum absolute atomic E-state index is 8.60. The normalized spacial score (nSPS) is 12.1. The molecular formula is C12H20N4O. The fourth-order valence-corrected chi connectivity index (χ4v) is 1.43. The van der Waals surface area contributed by atoms with Crippen LogP contribution in [-0.4, -0.2) is 43.1 Å². The Bertz CT molecular complexity index is 377. The van der Waals surface area contributed by atoms with Gasteiger partial charge in [-0.2, -0.15) is 0 Å². The van der Waals surface area contributed by atoms with Crippen LogP contribution in [0.25, 0.3) is 0 Å². The summed E-state index contributed by atoms with van der Waals surface area (Å²) >= 11 is 0. The summed E-state index contributed by atoms with van der Waals surface area (Å²) in [6.07, 6.45) is 0. The molecule has 0 saturated carbocycles. The Labute approximate surface area is 102 Å². The number of hydrogen-bond donors (Lipinski definition) is 3. The van der Waals surface area contributed by atoms with Gasteiger partial charge in [-0.05, 0) is 25.7 Å². The number of rotatable bonds is 6. The molecule has 0 bridgehead atoms. The molecule has 1 aromatic rings. The maximum atomic E-state index is 8.60. The van der Waals surface area contributed by atoms with Crippen LogP contribution in [0.4, 0.5) is 0 Å². The fraction of sp³-hybridized carbons (Fsp3) is 0.417. The van der Waals surface area contributed by atoms with Crippen molar-refractivity contribution in [3.63, 3.8) is 0 Å². The predicted octanol–water partition coefficient (Wildman–Crippen LogP) is 0.432. The van der Waals surface area contributed by atoms with Crippen LogP contribution in [0.1, 0.15) is 11.1 Å². The van der Waals surface area contributed by atoms with Crippen LogP contribution in [0.15, 0.2) is 29.4 Å². The first-order chi connectivity index (χ1) is 8.13. The number of nitrogens with one attached hydrogen (secondary N) is 1. The van der Waals surface area contributed by atoms with Crippen LogP contribution in [0.3, 0.4) is 0 Å². The zero-order valence-electron chi connectivity index (χ0n) is 10.3. The molecule has 0 atom stereocenters. The average Bonchev–Trinajstić information content (AvgIpc) is 2.34. The molecule has 0 aliphatic carbocycles. The van der Waals surface area contributed by atoms with Crippen LogP contribution < -0.4 is 11.1 Å². The Morgan fingerprint density at radius 1 is 1.47 bits per heavy atom. The lowest BCUT2D eigenvalue weighted by Crippen LogP contribution is -2.26. The fourth-order valence-electron chi connectivity index (χ4n) is 1.43. The van der Waals surface area contributed by atoms with Crippen LogP contribution >= 0.6 is 0 Å². The molecule has 17 heavy (non-hydrogen) atoms. The molecule has 0 heterocycles. The SMILES string of the molecule is CN(C)CCNCc1cccc(C(N)=NO)c1. The zero-order valence-corrected chi connectivity index (χ0v) is 10.3. The van der Waals surface area contributed by atoms with Gasteiger partial charge in [0.05, 0.1) is 0 Å². The molecule has 0 spiro atoms. The standard InChI is InChI=1S/C12H20N4O/c1-16(2)7-6-14-9-10-4-3-5-11(8-10)12(13)15-17/h3-5,8,14,17H,6-7,9H2,1-2H3,(H2,13,15). The lowest BCUT2D eigenvalue weighted by molar-refractivity contribution is 0.318. The molecule has 0 aliphatic heterocycles. The average molecular weight is 236 g/mol. The van der Waals surface area contributed by atoms with E-state index in [0.717, 1.165) is 30.8 Å². The van der Waals surface area contributed by atoms with E-state index in [2.05, 4.69) is 15.4 Å². The molecular weight excluding hydrogens is 216 g/mol. The van der Waals surface area contributed by atoms with Gasteiger partial charge >= 0.3 is 0 Å². The van der Waals surface area contributed by atoms with Crippen molar-refractivity contribution < 1.29 is 5.21 Å². The van der Waals surface area contributed by atoms with E-state index < -0.39 is 0 Å². The van der Waals surface area contributed by atoms with Crippen LogP contribution in [0, 0.1) is 0 Å². The number of amidine groups is 1. The highest BCUT2D eigenvalue weighted by Gasteiger charge is 2.00. The minimum Gasteiger partial charge on any atom is -0.409 e. The number of benzene rings is 1. The molecule has 0 saturated heterocycles. The highest BCUT2D eigenvalue weighted by atomic mass is 16.4. The second-order valence-corrected chi connectivity index (χ2v) is 4.17. The summed E-state index contributed by atoms with van der Waals surface area (Å²) in [4.78, 5) is 2.12. The van der Waals surface area contributed by atoms with E-state index in [1.54, 1.807) is 0 Å². The van der Waals surface area contributed by atoms with Gasteiger partial charge in [-0.15, -0.1) is 0 Å². The molecule has 0 amide bonds. The van der Waals surface area contributed by atoms with Gasteiger partial charge in [-0.1, -0.05) is 23.4 Å². The van der Waals surface area contributed by atoms with Gasteiger partial charge in [0.1, 0.15) is 0 Å².